The zero-order valence-electron chi connectivity index (χ0n) is 10.6. The van der Waals surface area contributed by atoms with Crippen molar-refractivity contribution in [3.8, 4) is 0 Å². The highest BCUT2D eigenvalue weighted by Gasteiger charge is 2.30. The average Bonchev–Trinajstić information content (AvgIpc) is 2.81. The second-order valence-corrected chi connectivity index (χ2v) is 5.85. The summed E-state index contributed by atoms with van der Waals surface area (Å²) in [6, 6.07) is 6.52. The van der Waals surface area contributed by atoms with Crippen molar-refractivity contribution in [3.63, 3.8) is 0 Å². The molecule has 0 aromatic heterocycles. The van der Waals surface area contributed by atoms with E-state index in [-0.39, 0.29) is 0 Å². The molecule has 0 saturated carbocycles. The normalized spacial score (nSPS) is 25.3. The lowest BCUT2D eigenvalue weighted by Crippen LogP contribution is -2.49. The fourth-order valence-electron chi connectivity index (χ4n) is 3.15. The number of hydrogen-bond acceptors (Lipinski definition) is 3. The molecule has 98 valence electrons. The SMILES string of the molecule is Nc1ccc(Cl)cc1CN1CCN2CCCC2C1. The minimum Gasteiger partial charge on any atom is -0.398 e. The van der Waals surface area contributed by atoms with Gasteiger partial charge in [-0.25, -0.2) is 0 Å². The van der Waals surface area contributed by atoms with Gasteiger partial charge in [-0.1, -0.05) is 11.6 Å². The summed E-state index contributed by atoms with van der Waals surface area (Å²) < 4.78 is 0. The number of hydrogen-bond donors (Lipinski definition) is 1. The lowest BCUT2D eigenvalue weighted by atomic mass is 10.1. The van der Waals surface area contributed by atoms with Crippen LogP contribution >= 0.6 is 11.6 Å². The maximum atomic E-state index is 6.04. The molecule has 1 aromatic rings. The van der Waals surface area contributed by atoms with Crippen molar-refractivity contribution in [2.75, 3.05) is 31.9 Å². The van der Waals surface area contributed by atoms with Gasteiger partial charge in [-0.2, -0.15) is 0 Å². The molecule has 18 heavy (non-hydrogen) atoms. The Balaban J connectivity index is 1.67. The summed E-state index contributed by atoms with van der Waals surface area (Å²) >= 11 is 6.04. The Labute approximate surface area is 114 Å². The van der Waals surface area contributed by atoms with E-state index in [2.05, 4.69) is 9.80 Å². The Hall–Kier alpha value is -0.770. The Morgan fingerprint density at radius 1 is 1.28 bits per heavy atom. The van der Waals surface area contributed by atoms with Crippen LogP contribution in [0.25, 0.3) is 0 Å². The molecule has 1 aromatic carbocycles. The van der Waals surface area contributed by atoms with Gasteiger partial charge in [0.15, 0.2) is 0 Å². The predicted octanol–water partition coefficient (Wildman–Crippen LogP) is 2.20. The van der Waals surface area contributed by atoms with Crippen LogP contribution in [0.5, 0.6) is 0 Å². The maximum absolute atomic E-state index is 6.04. The second kappa shape index (κ2) is 5.08. The van der Waals surface area contributed by atoms with Crippen molar-refractivity contribution in [1.82, 2.24) is 9.80 Å². The van der Waals surface area contributed by atoms with Gasteiger partial charge in [0.2, 0.25) is 0 Å². The molecule has 1 unspecified atom stereocenters. The van der Waals surface area contributed by atoms with Crippen molar-refractivity contribution < 1.29 is 0 Å². The molecule has 4 heteroatoms. The van der Waals surface area contributed by atoms with Gasteiger partial charge in [0.05, 0.1) is 0 Å². The molecule has 2 aliphatic heterocycles. The van der Waals surface area contributed by atoms with E-state index in [1.54, 1.807) is 0 Å². The molecule has 0 aliphatic carbocycles. The summed E-state index contributed by atoms with van der Waals surface area (Å²) in [7, 11) is 0. The number of piperazine rings is 1. The molecule has 0 spiro atoms. The number of halogens is 1. The van der Waals surface area contributed by atoms with E-state index in [4.69, 9.17) is 17.3 Å². The quantitative estimate of drug-likeness (QED) is 0.833. The topological polar surface area (TPSA) is 32.5 Å². The van der Waals surface area contributed by atoms with Gasteiger partial charge in [-0.3, -0.25) is 9.80 Å². The number of nitrogens with zero attached hydrogens (tertiary/aromatic N) is 2. The average molecular weight is 266 g/mol. The Morgan fingerprint density at radius 2 is 2.17 bits per heavy atom. The molecule has 3 nitrogen and oxygen atoms in total. The van der Waals surface area contributed by atoms with Crippen LogP contribution in [0, 0.1) is 0 Å². The first-order chi connectivity index (χ1) is 8.72. The number of nitrogens with two attached hydrogens (primary N) is 1. The smallest absolute Gasteiger partial charge is 0.0410 e. The molecule has 0 radical (unpaired) electrons. The largest absolute Gasteiger partial charge is 0.398 e. The molecule has 2 aliphatic rings. The van der Waals surface area contributed by atoms with Crippen LogP contribution in [0.15, 0.2) is 18.2 Å². The highest BCUT2D eigenvalue weighted by molar-refractivity contribution is 6.30. The van der Waals surface area contributed by atoms with Gasteiger partial charge >= 0.3 is 0 Å². The van der Waals surface area contributed by atoms with E-state index in [1.165, 1.54) is 32.5 Å². The Kier molecular flexibility index (Phi) is 3.46. The molecule has 2 saturated heterocycles. The third kappa shape index (κ3) is 2.48. The Bertz CT molecular complexity index is 435. The number of benzene rings is 1. The van der Waals surface area contributed by atoms with Crippen LogP contribution in [-0.2, 0) is 6.54 Å². The summed E-state index contributed by atoms with van der Waals surface area (Å²) in [5.41, 5.74) is 8.03. The molecule has 2 N–H and O–H groups in total. The fourth-order valence-corrected chi connectivity index (χ4v) is 3.35. The molecule has 1 atom stereocenters. The lowest BCUT2D eigenvalue weighted by Gasteiger charge is -2.37. The molecule has 0 amide bonds. The monoisotopic (exact) mass is 265 g/mol. The zero-order chi connectivity index (χ0) is 12.5. The van der Waals surface area contributed by atoms with Crippen LogP contribution in [0.3, 0.4) is 0 Å². The molecule has 2 fully saturated rings. The van der Waals surface area contributed by atoms with E-state index < -0.39 is 0 Å². The third-order valence-electron chi connectivity index (χ3n) is 4.17. The molecule has 2 heterocycles. The first-order valence-corrected chi connectivity index (χ1v) is 7.10. The van der Waals surface area contributed by atoms with Crippen LogP contribution in [0.2, 0.25) is 5.02 Å². The first kappa shape index (κ1) is 12.3. The van der Waals surface area contributed by atoms with Gasteiger partial charge < -0.3 is 5.73 Å². The summed E-state index contributed by atoms with van der Waals surface area (Å²) in [5, 5.41) is 0.777. The van der Waals surface area contributed by atoms with Crippen LogP contribution in [0.1, 0.15) is 18.4 Å². The predicted molar refractivity (Wildman–Crippen MR) is 75.7 cm³/mol. The first-order valence-electron chi connectivity index (χ1n) is 6.73. The van der Waals surface area contributed by atoms with E-state index in [0.29, 0.717) is 0 Å². The van der Waals surface area contributed by atoms with E-state index in [0.717, 1.165) is 35.4 Å². The fraction of sp³-hybridized carbons (Fsp3) is 0.571. The van der Waals surface area contributed by atoms with Gasteiger partial charge in [0.25, 0.3) is 0 Å². The molecular formula is C14H20ClN3. The van der Waals surface area contributed by atoms with Gasteiger partial charge in [-0.05, 0) is 43.1 Å². The number of fused-ring (bicyclic) bond motifs is 1. The van der Waals surface area contributed by atoms with E-state index >= 15 is 0 Å². The Morgan fingerprint density at radius 3 is 3.06 bits per heavy atom. The third-order valence-corrected chi connectivity index (χ3v) is 4.41. The molecule has 3 rings (SSSR count). The standard InChI is InChI=1S/C14H20ClN3/c15-12-3-4-14(16)11(8-12)9-17-6-7-18-5-1-2-13(18)10-17/h3-4,8,13H,1-2,5-7,9-10,16H2. The summed E-state index contributed by atoms with van der Waals surface area (Å²) in [5.74, 6) is 0. The van der Waals surface area contributed by atoms with E-state index in [1.807, 2.05) is 18.2 Å². The van der Waals surface area contributed by atoms with Gasteiger partial charge in [-0.15, -0.1) is 0 Å². The summed E-state index contributed by atoms with van der Waals surface area (Å²) in [6.45, 7) is 5.73. The minimum atomic E-state index is 0.763. The van der Waals surface area contributed by atoms with Crippen LogP contribution in [0.4, 0.5) is 5.69 Å². The van der Waals surface area contributed by atoms with Crippen molar-refractivity contribution in [2.45, 2.75) is 25.4 Å². The summed E-state index contributed by atoms with van der Waals surface area (Å²) in [4.78, 5) is 5.13. The number of anilines is 1. The highest BCUT2D eigenvalue weighted by Crippen LogP contribution is 2.24. The van der Waals surface area contributed by atoms with Crippen LogP contribution < -0.4 is 5.73 Å². The number of nitrogen functional groups attached to an aromatic ring is 1. The lowest BCUT2D eigenvalue weighted by molar-refractivity contribution is 0.0995. The van der Waals surface area contributed by atoms with Crippen molar-refractivity contribution in [3.05, 3.63) is 28.8 Å². The minimum absolute atomic E-state index is 0.763. The van der Waals surface area contributed by atoms with Gasteiger partial charge in [0.1, 0.15) is 0 Å². The van der Waals surface area contributed by atoms with E-state index in [9.17, 15) is 0 Å². The van der Waals surface area contributed by atoms with Crippen LogP contribution in [-0.4, -0.2) is 42.0 Å². The molecular weight excluding hydrogens is 246 g/mol. The van der Waals surface area contributed by atoms with Gasteiger partial charge in [0, 0.05) is 42.9 Å². The zero-order valence-corrected chi connectivity index (χ0v) is 11.4. The highest BCUT2D eigenvalue weighted by atomic mass is 35.5. The van der Waals surface area contributed by atoms with Crippen molar-refractivity contribution in [2.24, 2.45) is 0 Å². The molecule has 0 bridgehead atoms. The summed E-state index contributed by atoms with van der Waals surface area (Å²) in [6.07, 6.45) is 2.71. The number of rotatable bonds is 2. The van der Waals surface area contributed by atoms with Crippen molar-refractivity contribution >= 4 is 17.3 Å². The van der Waals surface area contributed by atoms with Crippen molar-refractivity contribution in [1.29, 1.82) is 0 Å². The maximum Gasteiger partial charge on any atom is 0.0410 e. The second-order valence-electron chi connectivity index (χ2n) is 5.41.